The molecular weight excluding hydrogens is 262 g/mol. The smallest absolute Gasteiger partial charge is 0.259 e. The third-order valence-corrected chi connectivity index (χ3v) is 3.04. The van der Waals surface area contributed by atoms with Crippen LogP contribution in [0.1, 0.15) is 21.6 Å². The van der Waals surface area contributed by atoms with Crippen molar-refractivity contribution in [1.82, 2.24) is 9.78 Å². The minimum atomic E-state index is -0.143. The van der Waals surface area contributed by atoms with Gasteiger partial charge in [-0.05, 0) is 31.0 Å². The van der Waals surface area contributed by atoms with Crippen LogP contribution in [0.4, 0.5) is 5.69 Å². The number of anilines is 1. The standard InChI is InChI=1S/C14H16ClN3O/c1-10-13(9-18(2)17-10)14(19)16-12-5-3-11(4-6-12)7-8-15/h3-6,9H,7-8H2,1-2H3,(H,16,19). The van der Waals surface area contributed by atoms with Crippen LogP contribution in [0.15, 0.2) is 30.5 Å². The minimum absolute atomic E-state index is 0.143. The van der Waals surface area contributed by atoms with Gasteiger partial charge in [0.15, 0.2) is 0 Å². The van der Waals surface area contributed by atoms with Gasteiger partial charge in [-0.25, -0.2) is 0 Å². The molecule has 0 radical (unpaired) electrons. The quantitative estimate of drug-likeness (QED) is 0.874. The number of nitrogens with one attached hydrogen (secondary N) is 1. The van der Waals surface area contributed by atoms with Crippen LogP contribution in [-0.2, 0) is 13.5 Å². The van der Waals surface area contributed by atoms with E-state index >= 15 is 0 Å². The zero-order valence-corrected chi connectivity index (χ0v) is 11.7. The van der Waals surface area contributed by atoms with Gasteiger partial charge < -0.3 is 5.32 Å². The largest absolute Gasteiger partial charge is 0.322 e. The molecule has 1 aromatic carbocycles. The highest BCUT2D eigenvalue weighted by Gasteiger charge is 2.12. The summed E-state index contributed by atoms with van der Waals surface area (Å²) in [7, 11) is 1.80. The third-order valence-electron chi connectivity index (χ3n) is 2.85. The molecule has 0 fully saturated rings. The Kier molecular flexibility index (Phi) is 4.22. The molecule has 0 bridgehead atoms. The number of rotatable bonds is 4. The Bertz CT molecular complexity index is 575. The van der Waals surface area contributed by atoms with Crippen molar-refractivity contribution in [2.24, 2.45) is 7.05 Å². The first kappa shape index (κ1) is 13.6. The lowest BCUT2D eigenvalue weighted by atomic mass is 10.1. The zero-order chi connectivity index (χ0) is 13.8. The second kappa shape index (κ2) is 5.89. The Morgan fingerprint density at radius 3 is 2.58 bits per heavy atom. The molecule has 0 saturated carbocycles. The van der Waals surface area contributed by atoms with Gasteiger partial charge in [0.05, 0.1) is 11.3 Å². The number of aromatic nitrogens is 2. The Morgan fingerprint density at radius 1 is 1.37 bits per heavy atom. The normalized spacial score (nSPS) is 10.5. The first-order valence-electron chi connectivity index (χ1n) is 6.06. The summed E-state index contributed by atoms with van der Waals surface area (Å²) in [4.78, 5) is 12.1. The topological polar surface area (TPSA) is 46.9 Å². The van der Waals surface area contributed by atoms with Crippen LogP contribution < -0.4 is 5.32 Å². The van der Waals surface area contributed by atoms with E-state index in [1.54, 1.807) is 17.9 Å². The summed E-state index contributed by atoms with van der Waals surface area (Å²) < 4.78 is 1.63. The summed E-state index contributed by atoms with van der Waals surface area (Å²) in [5, 5.41) is 7.01. The number of hydrogen-bond acceptors (Lipinski definition) is 2. The van der Waals surface area contributed by atoms with E-state index in [0.717, 1.165) is 23.4 Å². The number of amides is 1. The maximum absolute atomic E-state index is 12.1. The Balaban J connectivity index is 2.08. The molecule has 4 nitrogen and oxygen atoms in total. The molecule has 0 atom stereocenters. The maximum Gasteiger partial charge on any atom is 0.259 e. The van der Waals surface area contributed by atoms with E-state index in [1.165, 1.54) is 0 Å². The van der Waals surface area contributed by atoms with Gasteiger partial charge in [0.1, 0.15) is 0 Å². The van der Waals surface area contributed by atoms with Crippen LogP contribution in [0.25, 0.3) is 0 Å². The van der Waals surface area contributed by atoms with Crippen molar-refractivity contribution in [3.8, 4) is 0 Å². The summed E-state index contributed by atoms with van der Waals surface area (Å²) in [5.74, 6) is 0.455. The van der Waals surface area contributed by atoms with Crippen molar-refractivity contribution in [3.05, 3.63) is 47.3 Å². The van der Waals surface area contributed by atoms with Crippen LogP contribution in [-0.4, -0.2) is 21.6 Å². The number of benzene rings is 1. The molecule has 0 unspecified atom stereocenters. The zero-order valence-electron chi connectivity index (χ0n) is 11.0. The number of carbonyl (C=O) groups excluding carboxylic acids is 1. The molecule has 1 N–H and O–H groups in total. The van der Waals surface area contributed by atoms with Gasteiger partial charge in [0.2, 0.25) is 0 Å². The Morgan fingerprint density at radius 2 is 2.05 bits per heavy atom. The van der Waals surface area contributed by atoms with Crippen molar-refractivity contribution in [2.75, 3.05) is 11.2 Å². The van der Waals surface area contributed by atoms with Gasteiger partial charge in [-0.2, -0.15) is 5.10 Å². The molecule has 0 spiro atoms. The van der Waals surface area contributed by atoms with Gasteiger partial charge in [-0.3, -0.25) is 9.48 Å². The lowest BCUT2D eigenvalue weighted by molar-refractivity contribution is 0.102. The molecule has 1 amide bonds. The van der Waals surface area contributed by atoms with E-state index < -0.39 is 0 Å². The predicted octanol–water partition coefficient (Wildman–Crippen LogP) is 2.76. The number of carbonyl (C=O) groups is 1. The summed E-state index contributed by atoms with van der Waals surface area (Å²) >= 11 is 5.68. The molecular formula is C14H16ClN3O. The molecule has 1 aromatic heterocycles. The third kappa shape index (κ3) is 3.35. The summed E-state index contributed by atoms with van der Waals surface area (Å²) in [5.41, 5.74) is 3.24. The first-order chi connectivity index (χ1) is 9.10. The molecule has 100 valence electrons. The van der Waals surface area contributed by atoms with Crippen LogP contribution >= 0.6 is 11.6 Å². The molecule has 19 heavy (non-hydrogen) atoms. The maximum atomic E-state index is 12.1. The minimum Gasteiger partial charge on any atom is -0.322 e. The van der Waals surface area contributed by atoms with E-state index in [4.69, 9.17) is 11.6 Å². The number of alkyl halides is 1. The van der Waals surface area contributed by atoms with Crippen molar-refractivity contribution in [2.45, 2.75) is 13.3 Å². The summed E-state index contributed by atoms with van der Waals surface area (Å²) in [6.07, 6.45) is 2.55. The first-order valence-corrected chi connectivity index (χ1v) is 6.60. The van der Waals surface area contributed by atoms with Crippen LogP contribution in [0.2, 0.25) is 0 Å². The number of halogens is 1. The molecule has 5 heteroatoms. The Labute approximate surface area is 117 Å². The van der Waals surface area contributed by atoms with E-state index in [2.05, 4.69) is 10.4 Å². The SMILES string of the molecule is Cc1nn(C)cc1C(=O)Nc1ccc(CCCl)cc1. The Hall–Kier alpha value is -1.81. The second-order valence-electron chi connectivity index (χ2n) is 4.39. The van der Waals surface area contributed by atoms with Gasteiger partial charge in [-0.15, -0.1) is 11.6 Å². The molecule has 0 aliphatic heterocycles. The van der Waals surface area contributed by atoms with E-state index in [1.807, 2.05) is 31.2 Å². The van der Waals surface area contributed by atoms with E-state index in [0.29, 0.717) is 11.4 Å². The van der Waals surface area contributed by atoms with Gasteiger partial charge >= 0.3 is 0 Å². The summed E-state index contributed by atoms with van der Waals surface area (Å²) in [6.45, 7) is 1.82. The molecule has 0 aliphatic carbocycles. The van der Waals surface area contributed by atoms with Gasteiger partial charge in [0.25, 0.3) is 5.91 Å². The number of aryl methyl sites for hydroxylation is 3. The number of nitrogens with zero attached hydrogens (tertiary/aromatic N) is 2. The average molecular weight is 278 g/mol. The van der Waals surface area contributed by atoms with Crippen molar-refractivity contribution >= 4 is 23.2 Å². The van der Waals surface area contributed by atoms with Crippen LogP contribution in [0.5, 0.6) is 0 Å². The second-order valence-corrected chi connectivity index (χ2v) is 4.77. The van der Waals surface area contributed by atoms with E-state index in [-0.39, 0.29) is 5.91 Å². The van der Waals surface area contributed by atoms with E-state index in [9.17, 15) is 4.79 Å². The van der Waals surface area contributed by atoms with Gasteiger partial charge in [-0.1, -0.05) is 12.1 Å². The van der Waals surface area contributed by atoms with Crippen LogP contribution in [0.3, 0.4) is 0 Å². The van der Waals surface area contributed by atoms with Crippen molar-refractivity contribution in [3.63, 3.8) is 0 Å². The number of hydrogen-bond donors (Lipinski definition) is 1. The lowest BCUT2D eigenvalue weighted by Crippen LogP contribution is -2.12. The highest BCUT2D eigenvalue weighted by atomic mass is 35.5. The van der Waals surface area contributed by atoms with Crippen LogP contribution in [0, 0.1) is 6.92 Å². The van der Waals surface area contributed by atoms with Crippen molar-refractivity contribution in [1.29, 1.82) is 0 Å². The summed E-state index contributed by atoms with van der Waals surface area (Å²) in [6, 6.07) is 7.69. The monoisotopic (exact) mass is 277 g/mol. The average Bonchev–Trinajstić information content (AvgIpc) is 2.71. The molecule has 1 heterocycles. The fourth-order valence-electron chi connectivity index (χ4n) is 1.88. The molecule has 2 rings (SSSR count). The fourth-order valence-corrected chi connectivity index (χ4v) is 2.10. The molecule has 0 aliphatic rings. The van der Waals surface area contributed by atoms with Gasteiger partial charge in [0, 0.05) is 24.8 Å². The van der Waals surface area contributed by atoms with Crippen molar-refractivity contribution < 1.29 is 4.79 Å². The highest BCUT2D eigenvalue weighted by Crippen LogP contribution is 2.13. The fraction of sp³-hybridized carbons (Fsp3) is 0.286. The highest BCUT2D eigenvalue weighted by molar-refractivity contribution is 6.18. The molecule has 0 saturated heterocycles. The molecule has 2 aromatic rings. The predicted molar refractivity (Wildman–Crippen MR) is 76.8 cm³/mol. The lowest BCUT2D eigenvalue weighted by Gasteiger charge is -2.05.